The average Bonchev–Trinajstić information content (AvgIpc) is 2.29. The van der Waals surface area contributed by atoms with Gasteiger partial charge in [-0.25, -0.2) is 4.98 Å². The van der Waals surface area contributed by atoms with E-state index >= 15 is 0 Å². The standard InChI is InChI=1S/C12H19N3/c1-3-8-15(9-4-2)12-7-5-6-11(10-13)14-12/h3,5-7H,1,4,8-10,13H2,2H3. The maximum absolute atomic E-state index is 5.57. The van der Waals surface area contributed by atoms with Crippen molar-refractivity contribution in [1.82, 2.24) is 4.98 Å². The fourth-order valence-corrected chi connectivity index (χ4v) is 1.48. The molecule has 2 N–H and O–H groups in total. The summed E-state index contributed by atoms with van der Waals surface area (Å²) in [7, 11) is 0. The summed E-state index contributed by atoms with van der Waals surface area (Å²) in [6.07, 6.45) is 2.99. The minimum absolute atomic E-state index is 0.488. The second-order valence-corrected chi connectivity index (χ2v) is 3.43. The van der Waals surface area contributed by atoms with Crippen LogP contribution >= 0.6 is 0 Å². The molecule has 0 saturated heterocycles. The van der Waals surface area contributed by atoms with Crippen molar-refractivity contribution < 1.29 is 0 Å². The maximum atomic E-state index is 5.57. The predicted molar refractivity (Wildman–Crippen MR) is 64.8 cm³/mol. The third kappa shape index (κ3) is 3.36. The van der Waals surface area contributed by atoms with Crippen LogP contribution in [0.2, 0.25) is 0 Å². The van der Waals surface area contributed by atoms with Gasteiger partial charge in [0.15, 0.2) is 0 Å². The molecule has 0 bridgehead atoms. The molecule has 3 heteroatoms. The van der Waals surface area contributed by atoms with Gasteiger partial charge in [0, 0.05) is 19.6 Å². The van der Waals surface area contributed by atoms with Crippen LogP contribution in [-0.2, 0) is 6.54 Å². The molecule has 0 spiro atoms. The highest BCUT2D eigenvalue weighted by molar-refractivity contribution is 5.39. The molecule has 0 amide bonds. The molecule has 0 fully saturated rings. The first-order valence-electron chi connectivity index (χ1n) is 5.33. The molecule has 15 heavy (non-hydrogen) atoms. The molecule has 0 aliphatic rings. The van der Waals surface area contributed by atoms with Gasteiger partial charge in [-0.2, -0.15) is 0 Å². The van der Waals surface area contributed by atoms with E-state index in [2.05, 4.69) is 23.4 Å². The van der Waals surface area contributed by atoms with Crippen molar-refractivity contribution in [2.75, 3.05) is 18.0 Å². The second-order valence-electron chi connectivity index (χ2n) is 3.43. The lowest BCUT2D eigenvalue weighted by Gasteiger charge is -2.21. The van der Waals surface area contributed by atoms with Crippen molar-refractivity contribution in [3.05, 3.63) is 36.5 Å². The summed E-state index contributed by atoms with van der Waals surface area (Å²) in [6.45, 7) is 8.22. The van der Waals surface area contributed by atoms with E-state index in [0.29, 0.717) is 6.54 Å². The Bertz CT molecular complexity index is 309. The number of hydrogen-bond acceptors (Lipinski definition) is 3. The van der Waals surface area contributed by atoms with E-state index in [-0.39, 0.29) is 0 Å². The van der Waals surface area contributed by atoms with Crippen LogP contribution in [0.5, 0.6) is 0 Å². The molecule has 1 heterocycles. The van der Waals surface area contributed by atoms with Gasteiger partial charge >= 0.3 is 0 Å². The summed E-state index contributed by atoms with van der Waals surface area (Å²) < 4.78 is 0. The van der Waals surface area contributed by atoms with Crippen molar-refractivity contribution >= 4 is 5.82 Å². The van der Waals surface area contributed by atoms with E-state index in [9.17, 15) is 0 Å². The third-order valence-corrected chi connectivity index (χ3v) is 2.17. The number of nitrogens with zero attached hydrogens (tertiary/aromatic N) is 2. The summed E-state index contributed by atoms with van der Waals surface area (Å²) in [4.78, 5) is 6.68. The smallest absolute Gasteiger partial charge is 0.129 e. The van der Waals surface area contributed by atoms with E-state index in [1.165, 1.54) is 0 Å². The monoisotopic (exact) mass is 205 g/mol. The van der Waals surface area contributed by atoms with E-state index in [1.807, 2.05) is 24.3 Å². The first-order chi connectivity index (χ1) is 7.31. The minimum atomic E-state index is 0.488. The summed E-state index contributed by atoms with van der Waals surface area (Å²) in [5.41, 5.74) is 6.49. The minimum Gasteiger partial charge on any atom is -0.353 e. The van der Waals surface area contributed by atoms with Crippen molar-refractivity contribution in [3.63, 3.8) is 0 Å². The lowest BCUT2D eigenvalue weighted by molar-refractivity contribution is 0.796. The van der Waals surface area contributed by atoms with Gasteiger partial charge in [0.05, 0.1) is 5.69 Å². The first kappa shape index (κ1) is 11.7. The lowest BCUT2D eigenvalue weighted by Crippen LogP contribution is -2.25. The molecule has 3 nitrogen and oxygen atoms in total. The highest BCUT2D eigenvalue weighted by Crippen LogP contribution is 2.11. The predicted octanol–water partition coefficient (Wildman–Crippen LogP) is 1.94. The first-order valence-corrected chi connectivity index (χ1v) is 5.33. The number of aromatic nitrogens is 1. The molecule has 82 valence electrons. The average molecular weight is 205 g/mol. The van der Waals surface area contributed by atoms with Gasteiger partial charge in [-0.15, -0.1) is 6.58 Å². The molecule has 0 aliphatic heterocycles. The quantitative estimate of drug-likeness (QED) is 0.722. The Labute approximate surface area is 91.6 Å². The topological polar surface area (TPSA) is 42.1 Å². The Morgan fingerprint density at radius 1 is 1.53 bits per heavy atom. The Hall–Kier alpha value is -1.35. The fourth-order valence-electron chi connectivity index (χ4n) is 1.48. The number of rotatable bonds is 6. The van der Waals surface area contributed by atoms with E-state index < -0.39 is 0 Å². The van der Waals surface area contributed by atoms with Crippen molar-refractivity contribution in [3.8, 4) is 0 Å². The number of pyridine rings is 1. The molecule has 1 aromatic rings. The Morgan fingerprint density at radius 3 is 2.93 bits per heavy atom. The number of anilines is 1. The van der Waals surface area contributed by atoms with Gasteiger partial charge in [-0.3, -0.25) is 0 Å². The Kier molecular flexibility index (Phi) is 4.84. The van der Waals surface area contributed by atoms with E-state index in [1.54, 1.807) is 0 Å². The van der Waals surface area contributed by atoms with E-state index in [4.69, 9.17) is 5.73 Å². The van der Waals surface area contributed by atoms with Crippen molar-refractivity contribution in [2.24, 2.45) is 5.73 Å². The number of hydrogen-bond donors (Lipinski definition) is 1. The van der Waals surface area contributed by atoms with E-state index in [0.717, 1.165) is 31.0 Å². The zero-order valence-corrected chi connectivity index (χ0v) is 9.32. The molecule has 0 atom stereocenters. The van der Waals surface area contributed by atoms with Gasteiger partial charge in [-0.1, -0.05) is 19.1 Å². The summed E-state index contributed by atoms with van der Waals surface area (Å²) in [5.74, 6) is 0.986. The van der Waals surface area contributed by atoms with Crippen molar-refractivity contribution in [2.45, 2.75) is 19.9 Å². The molecule has 0 saturated carbocycles. The van der Waals surface area contributed by atoms with Gasteiger partial charge in [0.1, 0.15) is 5.82 Å². The van der Waals surface area contributed by atoms with Crippen LogP contribution < -0.4 is 10.6 Å². The highest BCUT2D eigenvalue weighted by Gasteiger charge is 2.04. The van der Waals surface area contributed by atoms with Gasteiger partial charge in [0.2, 0.25) is 0 Å². The van der Waals surface area contributed by atoms with Gasteiger partial charge in [-0.05, 0) is 18.6 Å². The molecule has 0 aliphatic carbocycles. The molecule has 0 unspecified atom stereocenters. The molecule has 1 aromatic heterocycles. The summed E-state index contributed by atoms with van der Waals surface area (Å²) in [6, 6.07) is 5.95. The van der Waals surface area contributed by atoms with Crippen LogP contribution in [0.4, 0.5) is 5.82 Å². The second kappa shape index (κ2) is 6.19. The number of nitrogens with two attached hydrogens (primary N) is 1. The van der Waals surface area contributed by atoms with Crippen LogP contribution in [0.3, 0.4) is 0 Å². The Balaban J connectivity index is 2.83. The fraction of sp³-hybridized carbons (Fsp3) is 0.417. The van der Waals surface area contributed by atoms with Crippen molar-refractivity contribution in [1.29, 1.82) is 0 Å². The zero-order chi connectivity index (χ0) is 11.1. The van der Waals surface area contributed by atoms with Crippen LogP contribution in [0.15, 0.2) is 30.9 Å². The largest absolute Gasteiger partial charge is 0.353 e. The summed E-state index contributed by atoms with van der Waals surface area (Å²) in [5, 5.41) is 0. The zero-order valence-electron chi connectivity index (χ0n) is 9.32. The summed E-state index contributed by atoms with van der Waals surface area (Å²) >= 11 is 0. The Morgan fingerprint density at radius 2 is 2.33 bits per heavy atom. The van der Waals surface area contributed by atoms with Crippen LogP contribution in [-0.4, -0.2) is 18.1 Å². The van der Waals surface area contributed by atoms with Gasteiger partial charge < -0.3 is 10.6 Å². The lowest BCUT2D eigenvalue weighted by atomic mass is 10.3. The normalized spacial score (nSPS) is 10.0. The maximum Gasteiger partial charge on any atom is 0.129 e. The third-order valence-electron chi connectivity index (χ3n) is 2.17. The molecular formula is C12H19N3. The van der Waals surface area contributed by atoms with Gasteiger partial charge in [0.25, 0.3) is 0 Å². The highest BCUT2D eigenvalue weighted by atomic mass is 15.2. The molecule has 1 rings (SSSR count). The van der Waals surface area contributed by atoms with Crippen LogP contribution in [0.1, 0.15) is 19.0 Å². The van der Waals surface area contributed by atoms with Crippen LogP contribution in [0, 0.1) is 0 Å². The molecule has 0 aromatic carbocycles. The molecule has 0 radical (unpaired) electrons. The van der Waals surface area contributed by atoms with Crippen LogP contribution in [0.25, 0.3) is 0 Å². The SMILES string of the molecule is C=CCN(CCC)c1cccc(CN)n1. The molecular weight excluding hydrogens is 186 g/mol.